The number of carboxylic acids is 1. The van der Waals surface area contributed by atoms with E-state index in [-0.39, 0.29) is 17.7 Å². The highest BCUT2D eigenvalue weighted by atomic mass is 35.5. The molecule has 0 saturated heterocycles. The van der Waals surface area contributed by atoms with Gasteiger partial charge in [-0.2, -0.15) is 0 Å². The molecule has 0 atom stereocenters. The summed E-state index contributed by atoms with van der Waals surface area (Å²) in [6.07, 6.45) is 2.94. The van der Waals surface area contributed by atoms with Gasteiger partial charge in [-0.1, -0.05) is 0 Å². The summed E-state index contributed by atoms with van der Waals surface area (Å²) in [5.74, 6) is 0.519. The molecule has 1 N–H and O–H groups in total. The molecule has 1 fully saturated rings. The molecule has 0 spiro atoms. The zero-order chi connectivity index (χ0) is 11.5. The van der Waals surface area contributed by atoms with Gasteiger partial charge in [0.15, 0.2) is 0 Å². The van der Waals surface area contributed by atoms with Crippen LogP contribution in [0, 0.1) is 5.92 Å². The highest BCUT2D eigenvalue weighted by molar-refractivity contribution is 6.16. The smallest absolute Gasteiger partial charge is 0.306 e. The van der Waals surface area contributed by atoms with Crippen LogP contribution in [0.2, 0.25) is 0 Å². The SMILES string of the molecule is O=C(O)C1CCC(c2nnc(CCl)o2)CC1. The van der Waals surface area contributed by atoms with Crippen LogP contribution in [0.25, 0.3) is 0 Å². The number of carbonyl (C=O) groups is 1. The van der Waals surface area contributed by atoms with E-state index in [1.54, 1.807) is 0 Å². The van der Waals surface area contributed by atoms with Gasteiger partial charge in [-0.25, -0.2) is 0 Å². The fourth-order valence-electron chi connectivity index (χ4n) is 2.07. The third kappa shape index (κ3) is 2.35. The molecule has 1 saturated carbocycles. The monoisotopic (exact) mass is 244 g/mol. The summed E-state index contributed by atoms with van der Waals surface area (Å²) in [6, 6.07) is 0. The van der Waals surface area contributed by atoms with Crippen LogP contribution >= 0.6 is 11.6 Å². The molecule has 0 radical (unpaired) electrons. The molecule has 6 heteroatoms. The Balaban J connectivity index is 1.96. The second-order valence-electron chi connectivity index (χ2n) is 4.05. The minimum absolute atomic E-state index is 0.195. The van der Waals surface area contributed by atoms with Crippen LogP contribution in [0.1, 0.15) is 43.4 Å². The van der Waals surface area contributed by atoms with Gasteiger partial charge in [0.25, 0.3) is 0 Å². The fourth-order valence-corrected chi connectivity index (χ4v) is 2.18. The molecule has 0 amide bonds. The number of hydrogen-bond donors (Lipinski definition) is 1. The number of hydrogen-bond acceptors (Lipinski definition) is 4. The highest BCUT2D eigenvalue weighted by Gasteiger charge is 2.29. The number of aliphatic carboxylic acids is 1. The lowest BCUT2D eigenvalue weighted by Gasteiger charge is -2.23. The van der Waals surface area contributed by atoms with Crippen molar-refractivity contribution < 1.29 is 14.3 Å². The Morgan fingerprint density at radius 3 is 2.56 bits per heavy atom. The van der Waals surface area contributed by atoms with E-state index in [9.17, 15) is 4.79 Å². The molecule has 2 rings (SSSR count). The first-order valence-electron chi connectivity index (χ1n) is 5.31. The molecule has 88 valence electrons. The summed E-state index contributed by atoms with van der Waals surface area (Å²) >= 11 is 5.57. The number of aromatic nitrogens is 2. The number of nitrogens with zero attached hydrogens (tertiary/aromatic N) is 2. The molecule has 0 bridgehead atoms. The second-order valence-corrected chi connectivity index (χ2v) is 4.32. The maximum atomic E-state index is 10.8. The average Bonchev–Trinajstić information content (AvgIpc) is 2.77. The van der Waals surface area contributed by atoms with Gasteiger partial charge >= 0.3 is 5.97 Å². The Bertz CT molecular complexity index is 372. The van der Waals surface area contributed by atoms with Gasteiger partial charge in [0, 0.05) is 5.92 Å². The standard InChI is InChI=1S/C10H13ClN2O3/c11-5-8-12-13-9(16-8)6-1-3-7(4-2-6)10(14)15/h6-7H,1-5H2,(H,14,15). The van der Waals surface area contributed by atoms with Crippen molar-refractivity contribution in [3.63, 3.8) is 0 Å². The Kier molecular flexibility index (Phi) is 3.43. The van der Waals surface area contributed by atoms with Gasteiger partial charge in [0.05, 0.1) is 5.92 Å². The Labute approximate surface area is 97.8 Å². The van der Waals surface area contributed by atoms with Crippen molar-refractivity contribution in [2.24, 2.45) is 5.92 Å². The molecule has 16 heavy (non-hydrogen) atoms. The van der Waals surface area contributed by atoms with Crippen molar-refractivity contribution in [1.82, 2.24) is 10.2 Å². The highest BCUT2D eigenvalue weighted by Crippen LogP contribution is 2.35. The summed E-state index contributed by atoms with van der Waals surface area (Å²) in [7, 11) is 0. The van der Waals surface area contributed by atoms with Crippen molar-refractivity contribution in [3.8, 4) is 0 Å². The van der Waals surface area contributed by atoms with Crippen LogP contribution in [0.4, 0.5) is 0 Å². The fraction of sp³-hybridized carbons (Fsp3) is 0.700. The van der Waals surface area contributed by atoms with Gasteiger partial charge < -0.3 is 9.52 Å². The van der Waals surface area contributed by atoms with Gasteiger partial charge in [-0.05, 0) is 25.7 Å². The first-order valence-corrected chi connectivity index (χ1v) is 5.85. The largest absolute Gasteiger partial charge is 0.481 e. The zero-order valence-corrected chi connectivity index (χ0v) is 9.48. The first-order chi connectivity index (χ1) is 7.70. The van der Waals surface area contributed by atoms with Crippen LogP contribution in [0.15, 0.2) is 4.42 Å². The Morgan fingerprint density at radius 1 is 1.38 bits per heavy atom. The molecule has 0 aromatic carbocycles. The average molecular weight is 245 g/mol. The number of halogens is 1. The third-order valence-corrected chi connectivity index (χ3v) is 3.25. The van der Waals surface area contributed by atoms with E-state index in [2.05, 4.69) is 10.2 Å². The summed E-state index contributed by atoms with van der Waals surface area (Å²) in [5.41, 5.74) is 0. The van der Waals surface area contributed by atoms with E-state index in [1.807, 2.05) is 0 Å². The van der Waals surface area contributed by atoms with E-state index in [0.29, 0.717) is 24.6 Å². The molecular weight excluding hydrogens is 232 g/mol. The molecule has 0 aliphatic heterocycles. The lowest BCUT2D eigenvalue weighted by molar-refractivity contribution is -0.142. The summed E-state index contributed by atoms with van der Waals surface area (Å²) in [6.45, 7) is 0. The van der Waals surface area contributed by atoms with E-state index in [4.69, 9.17) is 21.1 Å². The van der Waals surface area contributed by atoms with Crippen LogP contribution in [0.3, 0.4) is 0 Å². The summed E-state index contributed by atoms with van der Waals surface area (Å²) < 4.78 is 5.37. The lowest BCUT2D eigenvalue weighted by atomic mass is 9.82. The molecular formula is C10H13ClN2O3. The van der Waals surface area contributed by atoms with Gasteiger partial charge in [-0.3, -0.25) is 4.79 Å². The molecule has 1 aromatic rings. The van der Waals surface area contributed by atoms with Gasteiger partial charge in [0.2, 0.25) is 11.8 Å². The number of rotatable bonds is 3. The molecule has 1 aliphatic carbocycles. The van der Waals surface area contributed by atoms with Crippen molar-refractivity contribution in [3.05, 3.63) is 11.8 Å². The number of carboxylic acid groups (broad SMARTS) is 1. The predicted molar refractivity (Wildman–Crippen MR) is 56.2 cm³/mol. The lowest BCUT2D eigenvalue weighted by Crippen LogP contribution is -2.20. The quantitative estimate of drug-likeness (QED) is 0.825. The maximum absolute atomic E-state index is 10.8. The van der Waals surface area contributed by atoms with Crippen molar-refractivity contribution in [2.45, 2.75) is 37.5 Å². The van der Waals surface area contributed by atoms with Crippen LogP contribution < -0.4 is 0 Å². The van der Waals surface area contributed by atoms with E-state index in [1.165, 1.54) is 0 Å². The van der Waals surface area contributed by atoms with Crippen molar-refractivity contribution in [1.29, 1.82) is 0 Å². The maximum Gasteiger partial charge on any atom is 0.306 e. The predicted octanol–water partition coefficient (Wildman–Crippen LogP) is 2.17. The minimum atomic E-state index is -0.703. The van der Waals surface area contributed by atoms with Crippen molar-refractivity contribution in [2.75, 3.05) is 0 Å². The van der Waals surface area contributed by atoms with Crippen molar-refractivity contribution >= 4 is 17.6 Å². The third-order valence-electron chi connectivity index (χ3n) is 3.02. The topological polar surface area (TPSA) is 76.2 Å². The van der Waals surface area contributed by atoms with Gasteiger partial charge in [0.1, 0.15) is 5.88 Å². The Morgan fingerprint density at radius 2 is 2.06 bits per heavy atom. The molecule has 1 aromatic heterocycles. The minimum Gasteiger partial charge on any atom is -0.481 e. The van der Waals surface area contributed by atoms with E-state index >= 15 is 0 Å². The summed E-state index contributed by atoms with van der Waals surface area (Å²) in [5, 5.41) is 16.6. The van der Waals surface area contributed by atoms with Crippen LogP contribution in [-0.4, -0.2) is 21.3 Å². The Hall–Kier alpha value is -1.10. The van der Waals surface area contributed by atoms with Crippen LogP contribution in [0.5, 0.6) is 0 Å². The van der Waals surface area contributed by atoms with E-state index < -0.39 is 5.97 Å². The zero-order valence-electron chi connectivity index (χ0n) is 8.73. The second kappa shape index (κ2) is 4.82. The molecule has 1 heterocycles. The first kappa shape index (κ1) is 11.4. The van der Waals surface area contributed by atoms with Crippen LogP contribution in [-0.2, 0) is 10.7 Å². The molecule has 1 aliphatic rings. The van der Waals surface area contributed by atoms with Gasteiger partial charge in [-0.15, -0.1) is 21.8 Å². The molecule has 5 nitrogen and oxygen atoms in total. The van der Waals surface area contributed by atoms with E-state index in [0.717, 1.165) is 12.8 Å². The summed E-state index contributed by atoms with van der Waals surface area (Å²) in [4.78, 5) is 10.8. The normalized spacial score (nSPS) is 25.6. The number of alkyl halides is 1. The molecule has 0 unspecified atom stereocenters.